The van der Waals surface area contributed by atoms with Crippen molar-refractivity contribution >= 4 is 12.1 Å². The van der Waals surface area contributed by atoms with Crippen LogP contribution in [0.2, 0.25) is 0 Å². The fourth-order valence-electron chi connectivity index (χ4n) is 4.05. The molecule has 2 aromatic carbocycles. The summed E-state index contributed by atoms with van der Waals surface area (Å²) in [4.78, 5) is 31.8. The third-order valence-corrected chi connectivity index (χ3v) is 5.35. The first kappa shape index (κ1) is 16.6. The van der Waals surface area contributed by atoms with Crippen molar-refractivity contribution in [3.8, 4) is 11.1 Å². The molecule has 5 rings (SSSR count). The Balaban J connectivity index is 1.30. The van der Waals surface area contributed by atoms with E-state index in [9.17, 15) is 9.59 Å². The Labute approximate surface area is 160 Å². The quantitative estimate of drug-likeness (QED) is 0.732. The van der Waals surface area contributed by atoms with E-state index in [-0.39, 0.29) is 31.4 Å². The van der Waals surface area contributed by atoms with E-state index in [2.05, 4.69) is 34.2 Å². The predicted octanol–water partition coefficient (Wildman–Crippen LogP) is 3.37. The second-order valence-electron chi connectivity index (χ2n) is 6.98. The zero-order chi connectivity index (χ0) is 19.3. The molecule has 0 saturated carbocycles. The fraction of sp³-hybridized carbons (Fsp3) is 0.190. The molecule has 0 unspecified atom stereocenters. The molecule has 1 aliphatic heterocycles. The molecule has 1 aromatic heterocycles. The van der Waals surface area contributed by atoms with Gasteiger partial charge < -0.3 is 14.8 Å². The molecule has 0 spiro atoms. The number of aromatic nitrogens is 2. The molecule has 3 aromatic rings. The van der Waals surface area contributed by atoms with Crippen LogP contribution in [-0.4, -0.2) is 38.6 Å². The Kier molecular flexibility index (Phi) is 3.68. The number of benzene rings is 2. The third kappa shape index (κ3) is 2.55. The highest BCUT2D eigenvalue weighted by molar-refractivity contribution is 5.83. The molecule has 0 radical (unpaired) electrons. The largest absolute Gasteiger partial charge is 0.475 e. The SMILES string of the molecule is O=C(O)c1nc2c([nH]1)CN(C(=O)OCC1c3ccccc3-c3ccccc31)C2. The third-order valence-electron chi connectivity index (χ3n) is 5.35. The molecule has 0 atom stereocenters. The highest BCUT2D eigenvalue weighted by Gasteiger charge is 2.32. The van der Waals surface area contributed by atoms with Gasteiger partial charge in [-0.05, 0) is 22.3 Å². The van der Waals surface area contributed by atoms with Gasteiger partial charge in [-0.25, -0.2) is 14.6 Å². The summed E-state index contributed by atoms with van der Waals surface area (Å²) in [5.74, 6) is -1.20. The molecule has 2 aliphatic rings. The molecular weight excluding hydrogens is 358 g/mol. The van der Waals surface area contributed by atoms with E-state index in [1.807, 2.05) is 24.3 Å². The van der Waals surface area contributed by atoms with Gasteiger partial charge in [-0.1, -0.05) is 48.5 Å². The van der Waals surface area contributed by atoms with Gasteiger partial charge >= 0.3 is 12.1 Å². The minimum Gasteiger partial charge on any atom is -0.475 e. The van der Waals surface area contributed by atoms with Crippen molar-refractivity contribution in [2.45, 2.75) is 19.0 Å². The first-order chi connectivity index (χ1) is 13.6. The Hall–Kier alpha value is -3.61. The standard InChI is InChI=1S/C21H17N3O4/c25-20(26)19-22-17-9-24(10-18(17)23-19)21(27)28-11-16-14-7-3-1-5-12(14)13-6-2-4-8-15(13)16/h1-8,16H,9-11H2,(H,22,23)(H,25,26). The van der Waals surface area contributed by atoms with E-state index in [1.165, 1.54) is 16.0 Å². The average Bonchev–Trinajstić information content (AvgIpc) is 3.36. The van der Waals surface area contributed by atoms with Crippen LogP contribution in [0.15, 0.2) is 48.5 Å². The number of imidazole rings is 1. The minimum absolute atomic E-state index is 0.00789. The number of carboxylic acid groups (broad SMARTS) is 1. The Morgan fingerprint density at radius 1 is 1.07 bits per heavy atom. The number of ether oxygens (including phenoxy) is 1. The second kappa shape index (κ2) is 6.23. The zero-order valence-electron chi connectivity index (χ0n) is 14.9. The van der Waals surface area contributed by atoms with Crippen LogP contribution in [-0.2, 0) is 17.8 Å². The number of hydrogen-bond donors (Lipinski definition) is 2. The van der Waals surface area contributed by atoms with Crippen molar-refractivity contribution in [2.24, 2.45) is 0 Å². The van der Waals surface area contributed by atoms with Crippen molar-refractivity contribution in [3.63, 3.8) is 0 Å². The normalized spacial score (nSPS) is 14.5. The summed E-state index contributed by atoms with van der Waals surface area (Å²) in [6.45, 7) is 0.771. The Bertz CT molecular complexity index is 1040. The van der Waals surface area contributed by atoms with Crippen LogP contribution in [0.3, 0.4) is 0 Å². The number of aromatic amines is 1. The number of hydrogen-bond acceptors (Lipinski definition) is 4. The number of carbonyl (C=O) groups excluding carboxylic acids is 1. The number of fused-ring (bicyclic) bond motifs is 4. The molecule has 1 aliphatic carbocycles. The molecule has 140 valence electrons. The molecule has 7 heteroatoms. The number of rotatable bonds is 3. The van der Waals surface area contributed by atoms with E-state index in [4.69, 9.17) is 9.84 Å². The predicted molar refractivity (Wildman–Crippen MR) is 99.9 cm³/mol. The molecule has 2 N–H and O–H groups in total. The number of carbonyl (C=O) groups is 2. The monoisotopic (exact) mass is 375 g/mol. The summed E-state index contributed by atoms with van der Waals surface area (Å²) in [6, 6.07) is 16.4. The zero-order valence-corrected chi connectivity index (χ0v) is 14.9. The summed E-state index contributed by atoms with van der Waals surface area (Å²) in [5.41, 5.74) is 5.91. The summed E-state index contributed by atoms with van der Waals surface area (Å²) in [6.07, 6.45) is -0.426. The van der Waals surface area contributed by atoms with Crippen LogP contribution in [0.5, 0.6) is 0 Å². The van der Waals surface area contributed by atoms with Crippen LogP contribution in [0.25, 0.3) is 11.1 Å². The summed E-state index contributed by atoms with van der Waals surface area (Å²) < 4.78 is 5.63. The van der Waals surface area contributed by atoms with E-state index < -0.39 is 12.1 Å². The number of aromatic carboxylic acids is 1. The van der Waals surface area contributed by atoms with Gasteiger partial charge in [0.1, 0.15) is 6.61 Å². The fourth-order valence-corrected chi connectivity index (χ4v) is 4.05. The summed E-state index contributed by atoms with van der Waals surface area (Å²) in [7, 11) is 0. The number of H-pyrrole nitrogens is 1. The van der Waals surface area contributed by atoms with E-state index >= 15 is 0 Å². The highest BCUT2D eigenvalue weighted by atomic mass is 16.6. The van der Waals surface area contributed by atoms with Crippen LogP contribution >= 0.6 is 0 Å². The molecule has 7 nitrogen and oxygen atoms in total. The minimum atomic E-state index is -1.11. The second-order valence-corrected chi connectivity index (χ2v) is 6.98. The molecule has 0 fully saturated rings. The molecule has 28 heavy (non-hydrogen) atoms. The number of nitrogens with one attached hydrogen (secondary N) is 1. The van der Waals surface area contributed by atoms with Gasteiger partial charge in [0.05, 0.1) is 24.5 Å². The maximum Gasteiger partial charge on any atom is 0.410 e. The van der Waals surface area contributed by atoms with Crippen LogP contribution in [0, 0.1) is 0 Å². The molecular formula is C21H17N3O4. The molecule has 2 heterocycles. The van der Waals surface area contributed by atoms with Crippen molar-refractivity contribution in [3.05, 3.63) is 76.9 Å². The maximum atomic E-state index is 12.6. The number of nitrogens with zero attached hydrogens (tertiary/aromatic N) is 2. The van der Waals surface area contributed by atoms with E-state index in [1.54, 1.807) is 0 Å². The summed E-state index contributed by atoms with van der Waals surface area (Å²) >= 11 is 0. The lowest BCUT2D eigenvalue weighted by molar-refractivity contribution is 0.0684. The lowest BCUT2D eigenvalue weighted by Crippen LogP contribution is -2.28. The first-order valence-electron chi connectivity index (χ1n) is 9.03. The van der Waals surface area contributed by atoms with Gasteiger partial charge in [0.2, 0.25) is 5.82 Å². The van der Waals surface area contributed by atoms with Gasteiger partial charge in [-0.15, -0.1) is 0 Å². The Morgan fingerprint density at radius 2 is 1.71 bits per heavy atom. The summed E-state index contributed by atoms with van der Waals surface area (Å²) in [5, 5.41) is 8.98. The van der Waals surface area contributed by atoms with Gasteiger partial charge in [-0.2, -0.15) is 0 Å². The van der Waals surface area contributed by atoms with Gasteiger partial charge in [0.15, 0.2) is 0 Å². The van der Waals surface area contributed by atoms with Gasteiger partial charge in [-0.3, -0.25) is 4.90 Å². The van der Waals surface area contributed by atoms with Gasteiger partial charge in [0, 0.05) is 5.92 Å². The van der Waals surface area contributed by atoms with Gasteiger partial charge in [0.25, 0.3) is 0 Å². The van der Waals surface area contributed by atoms with Crippen molar-refractivity contribution in [1.29, 1.82) is 0 Å². The number of amides is 1. The van der Waals surface area contributed by atoms with E-state index in [0.29, 0.717) is 11.4 Å². The lowest BCUT2D eigenvalue weighted by Gasteiger charge is -2.19. The first-order valence-corrected chi connectivity index (χ1v) is 9.03. The topological polar surface area (TPSA) is 95.5 Å². The lowest BCUT2D eigenvalue weighted by atomic mass is 9.98. The maximum absolute atomic E-state index is 12.6. The smallest absolute Gasteiger partial charge is 0.410 e. The van der Waals surface area contributed by atoms with Crippen molar-refractivity contribution < 1.29 is 19.4 Å². The molecule has 0 bridgehead atoms. The average molecular weight is 375 g/mol. The molecule has 1 amide bonds. The Morgan fingerprint density at radius 3 is 2.32 bits per heavy atom. The van der Waals surface area contributed by atoms with Crippen molar-refractivity contribution in [2.75, 3.05) is 6.61 Å². The van der Waals surface area contributed by atoms with Crippen molar-refractivity contribution in [1.82, 2.24) is 14.9 Å². The van der Waals surface area contributed by atoms with Crippen LogP contribution in [0.4, 0.5) is 4.79 Å². The van der Waals surface area contributed by atoms with Crippen LogP contribution < -0.4 is 0 Å². The highest BCUT2D eigenvalue weighted by Crippen LogP contribution is 2.44. The number of carboxylic acids is 1. The molecule has 0 saturated heterocycles. The van der Waals surface area contributed by atoms with Crippen LogP contribution in [0.1, 0.15) is 39.1 Å². The van der Waals surface area contributed by atoms with E-state index in [0.717, 1.165) is 11.1 Å².